The number of unbranched alkanes of at least 4 members (excludes halogenated alkanes) is 2. The topological polar surface area (TPSA) is 52.8 Å². The van der Waals surface area contributed by atoms with E-state index in [1.165, 1.54) is 11.3 Å². The van der Waals surface area contributed by atoms with Gasteiger partial charge in [0.15, 0.2) is 4.80 Å². The lowest BCUT2D eigenvalue weighted by Crippen LogP contribution is -2.19. The van der Waals surface area contributed by atoms with Crippen LogP contribution in [-0.2, 0) is 11.3 Å². The van der Waals surface area contributed by atoms with Gasteiger partial charge in [-0.3, -0.25) is 4.79 Å². The first kappa shape index (κ1) is 22.8. The molecule has 3 rings (SSSR count). The van der Waals surface area contributed by atoms with Gasteiger partial charge in [-0.2, -0.15) is 4.99 Å². The molecule has 0 saturated carbocycles. The van der Waals surface area contributed by atoms with Gasteiger partial charge in [-0.05, 0) is 36.8 Å². The predicted octanol–water partition coefficient (Wildman–Crippen LogP) is 5.97. The highest BCUT2D eigenvalue weighted by Crippen LogP contribution is 2.29. The van der Waals surface area contributed by atoms with Crippen LogP contribution >= 0.6 is 34.5 Å². The molecule has 0 unspecified atom stereocenters. The largest absolute Gasteiger partial charge is 0.494 e. The number of benzene rings is 2. The summed E-state index contributed by atoms with van der Waals surface area (Å²) in [4.78, 5) is 17.8. The van der Waals surface area contributed by atoms with E-state index in [4.69, 9.17) is 32.7 Å². The fourth-order valence-electron chi connectivity index (χ4n) is 3.02. The predicted molar refractivity (Wildman–Crippen MR) is 123 cm³/mol. The van der Waals surface area contributed by atoms with Crippen molar-refractivity contribution in [3.8, 4) is 5.75 Å². The number of hydrogen-bond acceptors (Lipinski definition) is 4. The average Bonchev–Trinajstić information content (AvgIpc) is 3.06. The molecule has 1 amide bonds. The van der Waals surface area contributed by atoms with Crippen LogP contribution in [0.5, 0.6) is 5.75 Å². The van der Waals surface area contributed by atoms with Crippen LogP contribution in [0.15, 0.2) is 41.4 Å². The van der Waals surface area contributed by atoms with Crippen molar-refractivity contribution in [3.63, 3.8) is 0 Å². The van der Waals surface area contributed by atoms with Gasteiger partial charge in [-0.15, -0.1) is 0 Å². The fourth-order valence-corrected chi connectivity index (χ4v) is 4.85. The number of aromatic nitrogens is 1. The Kier molecular flexibility index (Phi) is 8.33. The molecule has 0 saturated heterocycles. The quantitative estimate of drug-likeness (QED) is 0.365. The third-order valence-corrected chi connectivity index (χ3v) is 6.04. The highest BCUT2D eigenvalue weighted by Gasteiger charge is 2.13. The lowest BCUT2D eigenvalue weighted by atomic mass is 10.2. The molecule has 0 atom stereocenters. The molecule has 8 heteroatoms. The molecule has 0 aliphatic carbocycles. The number of hydrogen-bond donors (Lipinski definition) is 0. The van der Waals surface area contributed by atoms with Gasteiger partial charge in [-0.25, -0.2) is 0 Å². The van der Waals surface area contributed by atoms with Crippen LogP contribution < -0.4 is 9.54 Å². The molecule has 0 aliphatic heterocycles. The summed E-state index contributed by atoms with van der Waals surface area (Å²) in [6.45, 7) is 3.77. The standard InChI is InChI=1S/C22H24Cl2N2O3S/c1-3-4-5-10-29-17-8-6-7-15(12-17)21(27)25-22-26(9-11-28-2)20-18(24)13-16(23)14-19(20)30-22/h6-8,12-14H,3-5,9-11H2,1-2H3. The first-order valence-electron chi connectivity index (χ1n) is 9.82. The summed E-state index contributed by atoms with van der Waals surface area (Å²) in [5.41, 5.74) is 1.27. The number of ether oxygens (including phenoxy) is 2. The van der Waals surface area contributed by atoms with E-state index in [0.29, 0.717) is 45.9 Å². The van der Waals surface area contributed by atoms with E-state index in [-0.39, 0.29) is 5.91 Å². The average molecular weight is 467 g/mol. The molecular formula is C22H24Cl2N2O3S. The van der Waals surface area contributed by atoms with Crippen molar-refractivity contribution in [2.75, 3.05) is 20.3 Å². The van der Waals surface area contributed by atoms with E-state index in [9.17, 15) is 4.79 Å². The summed E-state index contributed by atoms with van der Waals surface area (Å²) >= 11 is 13.9. The third kappa shape index (κ3) is 5.64. The molecule has 0 bridgehead atoms. The molecule has 0 radical (unpaired) electrons. The molecule has 0 spiro atoms. The van der Waals surface area contributed by atoms with E-state index >= 15 is 0 Å². The van der Waals surface area contributed by atoms with Crippen LogP contribution in [-0.4, -0.2) is 30.8 Å². The summed E-state index contributed by atoms with van der Waals surface area (Å²) in [7, 11) is 1.63. The van der Waals surface area contributed by atoms with Crippen molar-refractivity contribution < 1.29 is 14.3 Å². The van der Waals surface area contributed by atoms with Crippen molar-refractivity contribution in [2.45, 2.75) is 32.7 Å². The Bertz CT molecular complexity index is 1090. The minimum absolute atomic E-state index is 0.339. The number of thiazole rings is 1. The Morgan fingerprint density at radius 3 is 2.77 bits per heavy atom. The van der Waals surface area contributed by atoms with Gasteiger partial charge in [0.25, 0.3) is 5.91 Å². The normalized spacial score (nSPS) is 11.9. The molecule has 0 aliphatic rings. The number of methoxy groups -OCH3 is 1. The molecular weight excluding hydrogens is 443 g/mol. The molecule has 5 nitrogen and oxygen atoms in total. The van der Waals surface area contributed by atoms with E-state index in [2.05, 4.69) is 11.9 Å². The summed E-state index contributed by atoms with van der Waals surface area (Å²) in [5.74, 6) is 0.333. The zero-order chi connectivity index (χ0) is 21.5. The van der Waals surface area contributed by atoms with Gasteiger partial charge in [0.1, 0.15) is 5.75 Å². The van der Waals surface area contributed by atoms with E-state index < -0.39 is 0 Å². The fraction of sp³-hybridized carbons (Fsp3) is 0.364. The van der Waals surface area contributed by atoms with Crippen LogP contribution in [0.1, 0.15) is 36.5 Å². The van der Waals surface area contributed by atoms with Gasteiger partial charge in [0, 0.05) is 24.2 Å². The maximum atomic E-state index is 12.9. The molecule has 30 heavy (non-hydrogen) atoms. The van der Waals surface area contributed by atoms with Crippen molar-refractivity contribution >= 4 is 50.7 Å². The zero-order valence-corrected chi connectivity index (χ0v) is 19.3. The molecule has 2 aromatic carbocycles. The van der Waals surface area contributed by atoms with E-state index in [1.54, 1.807) is 31.4 Å². The number of amides is 1. The van der Waals surface area contributed by atoms with Crippen molar-refractivity contribution in [3.05, 3.63) is 56.8 Å². The lowest BCUT2D eigenvalue weighted by molar-refractivity contribution is 0.0997. The molecule has 1 heterocycles. The molecule has 160 valence electrons. The van der Waals surface area contributed by atoms with Gasteiger partial charge in [-0.1, -0.05) is 60.4 Å². The highest BCUT2D eigenvalue weighted by molar-refractivity contribution is 7.16. The highest BCUT2D eigenvalue weighted by atomic mass is 35.5. The number of carbonyl (C=O) groups is 1. The van der Waals surface area contributed by atoms with Crippen LogP contribution in [0.3, 0.4) is 0 Å². The number of fused-ring (bicyclic) bond motifs is 1. The molecule has 0 fully saturated rings. The van der Waals surface area contributed by atoms with Crippen LogP contribution in [0.2, 0.25) is 10.0 Å². The SMILES string of the molecule is CCCCCOc1cccc(C(=O)N=c2sc3cc(Cl)cc(Cl)c3n2CCOC)c1. The maximum absolute atomic E-state index is 12.9. The maximum Gasteiger partial charge on any atom is 0.279 e. The number of carbonyl (C=O) groups excluding carboxylic acids is 1. The lowest BCUT2D eigenvalue weighted by Gasteiger charge is -2.07. The monoisotopic (exact) mass is 466 g/mol. The first-order chi connectivity index (χ1) is 14.5. The van der Waals surface area contributed by atoms with E-state index in [1.807, 2.05) is 16.7 Å². The Labute approximate surface area is 189 Å². The summed E-state index contributed by atoms with van der Waals surface area (Å²) < 4.78 is 13.7. The Morgan fingerprint density at radius 2 is 2.00 bits per heavy atom. The van der Waals surface area contributed by atoms with Crippen molar-refractivity contribution in [2.24, 2.45) is 4.99 Å². The van der Waals surface area contributed by atoms with Crippen LogP contribution in [0.4, 0.5) is 0 Å². The van der Waals surface area contributed by atoms with Gasteiger partial charge in [0.05, 0.1) is 28.5 Å². The van der Waals surface area contributed by atoms with Gasteiger partial charge in [0.2, 0.25) is 0 Å². The minimum Gasteiger partial charge on any atom is -0.494 e. The molecule has 3 aromatic rings. The zero-order valence-electron chi connectivity index (χ0n) is 17.0. The minimum atomic E-state index is -0.339. The van der Waals surface area contributed by atoms with Gasteiger partial charge < -0.3 is 14.0 Å². The second-order valence-corrected chi connectivity index (χ2v) is 8.62. The van der Waals surface area contributed by atoms with Crippen LogP contribution in [0, 0.1) is 0 Å². The Morgan fingerprint density at radius 1 is 1.17 bits per heavy atom. The first-order valence-corrected chi connectivity index (χ1v) is 11.4. The third-order valence-electron chi connectivity index (χ3n) is 4.51. The second kappa shape index (κ2) is 11.0. The Balaban J connectivity index is 1.94. The summed E-state index contributed by atoms with van der Waals surface area (Å²) in [6, 6.07) is 10.6. The van der Waals surface area contributed by atoms with Crippen LogP contribution in [0.25, 0.3) is 10.2 Å². The smallest absolute Gasteiger partial charge is 0.279 e. The summed E-state index contributed by atoms with van der Waals surface area (Å²) in [6.07, 6.45) is 3.24. The Hall–Kier alpha value is -1.86. The van der Waals surface area contributed by atoms with Crippen molar-refractivity contribution in [1.82, 2.24) is 4.57 Å². The molecule has 0 N–H and O–H groups in total. The second-order valence-electron chi connectivity index (χ2n) is 6.76. The molecule has 1 aromatic heterocycles. The van der Waals surface area contributed by atoms with Gasteiger partial charge >= 0.3 is 0 Å². The summed E-state index contributed by atoms with van der Waals surface area (Å²) in [5, 5.41) is 1.06. The number of halogens is 2. The van der Waals surface area contributed by atoms with E-state index in [0.717, 1.165) is 29.5 Å². The number of rotatable bonds is 9. The number of nitrogens with zero attached hydrogens (tertiary/aromatic N) is 2. The van der Waals surface area contributed by atoms with Crippen molar-refractivity contribution in [1.29, 1.82) is 0 Å².